The first kappa shape index (κ1) is 22.7. The van der Waals surface area contributed by atoms with Crippen LogP contribution in [-0.2, 0) is 11.3 Å². The second kappa shape index (κ2) is 9.53. The number of halogens is 3. The summed E-state index contributed by atoms with van der Waals surface area (Å²) in [5, 5.41) is 5.63. The van der Waals surface area contributed by atoms with E-state index in [0.717, 1.165) is 16.3 Å². The quantitative estimate of drug-likeness (QED) is 0.340. The van der Waals surface area contributed by atoms with E-state index < -0.39 is 23.9 Å². The Balaban J connectivity index is 1.71. The van der Waals surface area contributed by atoms with Crippen LogP contribution in [0.25, 0.3) is 11.3 Å². The van der Waals surface area contributed by atoms with Gasteiger partial charge in [0.25, 0.3) is 0 Å². The molecule has 0 aliphatic heterocycles. The molecular weight excluding hydrogens is 453 g/mol. The number of nitrogens with one attached hydrogen (secondary N) is 1. The van der Waals surface area contributed by atoms with E-state index in [2.05, 4.69) is 15.5 Å². The average Bonchev–Trinajstić information content (AvgIpc) is 3.37. The Bertz CT molecular complexity index is 1220. The molecule has 0 spiro atoms. The number of anilines is 1. The number of nitrogens with zero attached hydrogens (tertiary/aromatic N) is 3. The van der Waals surface area contributed by atoms with E-state index in [4.69, 9.17) is 4.52 Å². The standard InChI is InChI=1S/C23H19F3N4O2S/c1-15-12-19(29-32-15)28-21(31)20(17-10-6-3-7-11-17)33-22-27-13-18(16-8-4-2-5-9-16)30(22)14-23(24,25)26/h2-13,20H,14H2,1H3,(H,28,29,31). The van der Waals surface area contributed by atoms with Gasteiger partial charge in [-0.05, 0) is 18.1 Å². The molecule has 0 saturated carbocycles. The minimum Gasteiger partial charge on any atom is -0.360 e. The van der Waals surface area contributed by atoms with Gasteiger partial charge in [0.2, 0.25) is 5.91 Å². The summed E-state index contributed by atoms with van der Waals surface area (Å²) < 4.78 is 46.4. The van der Waals surface area contributed by atoms with Gasteiger partial charge in [-0.25, -0.2) is 4.98 Å². The van der Waals surface area contributed by atoms with E-state index in [1.54, 1.807) is 73.7 Å². The number of thioether (sulfide) groups is 1. The highest BCUT2D eigenvalue weighted by Crippen LogP contribution is 2.38. The molecule has 4 rings (SSSR count). The van der Waals surface area contributed by atoms with E-state index >= 15 is 0 Å². The number of hydrogen-bond donors (Lipinski definition) is 1. The highest BCUT2D eigenvalue weighted by Gasteiger charge is 2.33. The lowest BCUT2D eigenvalue weighted by Crippen LogP contribution is -2.22. The van der Waals surface area contributed by atoms with Gasteiger partial charge in [-0.2, -0.15) is 13.2 Å². The molecule has 2 aromatic carbocycles. The summed E-state index contributed by atoms with van der Waals surface area (Å²) in [7, 11) is 0. The first-order chi connectivity index (χ1) is 15.8. The maximum Gasteiger partial charge on any atom is 0.406 e. The lowest BCUT2D eigenvalue weighted by Gasteiger charge is -2.18. The van der Waals surface area contributed by atoms with E-state index in [-0.39, 0.29) is 11.0 Å². The van der Waals surface area contributed by atoms with Crippen molar-refractivity contribution in [1.29, 1.82) is 0 Å². The van der Waals surface area contributed by atoms with Gasteiger partial charge in [0, 0.05) is 6.07 Å². The van der Waals surface area contributed by atoms with E-state index in [0.29, 0.717) is 22.6 Å². The van der Waals surface area contributed by atoms with Crippen LogP contribution in [0, 0.1) is 6.92 Å². The normalized spacial score (nSPS) is 12.5. The first-order valence-corrected chi connectivity index (χ1v) is 10.8. The molecule has 1 atom stereocenters. The molecule has 2 aromatic heterocycles. The van der Waals surface area contributed by atoms with Gasteiger partial charge < -0.3 is 14.4 Å². The third-order valence-corrected chi connectivity index (χ3v) is 5.93. The van der Waals surface area contributed by atoms with Crippen molar-refractivity contribution in [1.82, 2.24) is 14.7 Å². The summed E-state index contributed by atoms with van der Waals surface area (Å²) in [5.41, 5.74) is 1.53. The van der Waals surface area contributed by atoms with Gasteiger partial charge in [-0.15, -0.1) is 0 Å². The fraction of sp³-hybridized carbons (Fsp3) is 0.174. The van der Waals surface area contributed by atoms with Gasteiger partial charge in [0.1, 0.15) is 17.6 Å². The predicted octanol–water partition coefficient (Wildman–Crippen LogP) is 5.88. The number of carbonyl (C=O) groups is 1. The fourth-order valence-electron chi connectivity index (χ4n) is 3.25. The molecule has 10 heteroatoms. The minimum atomic E-state index is -4.47. The SMILES string of the molecule is Cc1cc(NC(=O)C(Sc2ncc(-c3ccccc3)n2CC(F)(F)F)c2ccccc2)no1. The maximum absolute atomic E-state index is 13.4. The van der Waals surface area contributed by atoms with Crippen LogP contribution in [0.15, 0.2) is 82.6 Å². The smallest absolute Gasteiger partial charge is 0.360 e. The molecule has 170 valence electrons. The Kier molecular flexibility index (Phi) is 6.55. The van der Waals surface area contributed by atoms with Crippen LogP contribution in [-0.4, -0.2) is 26.8 Å². The third-order valence-electron chi connectivity index (χ3n) is 4.67. The Labute approximate surface area is 191 Å². The van der Waals surface area contributed by atoms with Crippen LogP contribution in [0.3, 0.4) is 0 Å². The van der Waals surface area contributed by atoms with Crippen molar-refractivity contribution in [3.63, 3.8) is 0 Å². The summed E-state index contributed by atoms with van der Waals surface area (Å²) in [6.07, 6.45) is -3.08. The van der Waals surface area contributed by atoms with Gasteiger partial charge in [-0.1, -0.05) is 77.6 Å². The molecule has 4 aromatic rings. The van der Waals surface area contributed by atoms with Crippen molar-refractivity contribution in [2.24, 2.45) is 0 Å². The van der Waals surface area contributed by atoms with Crippen LogP contribution in [0.4, 0.5) is 19.0 Å². The van der Waals surface area contributed by atoms with E-state index in [9.17, 15) is 18.0 Å². The Morgan fingerprint density at radius 3 is 2.39 bits per heavy atom. The summed E-state index contributed by atoms with van der Waals surface area (Å²) in [4.78, 5) is 17.4. The van der Waals surface area contributed by atoms with Gasteiger partial charge in [0.15, 0.2) is 11.0 Å². The lowest BCUT2D eigenvalue weighted by molar-refractivity contribution is -0.141. The fourth-order valence-corrected chi connectivity index (χ4v) is 4.32. The largest absolute Gasteiger partial charge is 0.406 e. The summed E-state index contributed by atoms with van der Waals surface area (Å²) in [6.45, 7) is 0.455. The summed E-state index contributed by atoms with van der Waals surface area (Å²) >= 11 is 0.940. The first-order valence-electron chi connectivity index (χ1n) is 9.93. The topological polar surface area (TPSA) is 73.0 Å². The van der Waals surface area contributed by atoms with Crippen LogP contribution < -0.4 is 5.32 Å². The molecule has 2 heterocycles. The number of alkyl halides is 3. The number of aromatic nitrogens is 3. The number of rotatable bonds is 7. The molecule has 1 unspecified atom stereocenters. The molecule has 0 saturated heterocycles. The third kappa shape index (κ3) is 5.64. The second-order valence-corrected chi connectivity index (χ2v) is 8.29. The van der Waals surface area contributed by atoms with Crippen molar-refractivity contribution < 1.29 is 22.5 Å². The van der Waals surface area contributed by atoms with Crippen molar-refractivity contribution >= 4 is 23.5 Å². The Morgan fingerprint density at radius 2 is 1.79 bits per heavy atom. The maximum atomic E-state index is 13.4. The zero-order valence-corrected chi connectivity index (χ0v) is 18.2. The number of hydrogen-bond acceptors (Lipinski definition) is 5. The van der Waals surface area contributed by atoms with Gasteiger partial charge in [-0.3, -0.25) is 4.79 Å². The molecular formula is C23H19F3N4O2S. The van der Waals surface area contributed by atoms with Gasteiger partial charge >= 0.3 is 6.18 Å². The number of carbonyl (C=O) groups excluding carboxylic acids is 1. The Morgan fingerprint density at radius 1 is 1.12 bits per heavy atom. The number of aryl methyl sites for hydroxylation is 1. The molecule has 0 fully saturated rings. The molecule has 6 nitrogen and oxygen atoms in total. The molecule has 33 heavy (non-hydrogen) atoms. The molecule has 1 N–H and O–H groups in total. The highest BCUT2D eigenvalue weighted by atomic mass is 32.2. The predicted molar refractivity (Wildman–Crippen MR) is 119 cm³/mol. The van der Waals surface area contributed by atoms with Crippen molar-refractivity contribution in [3.8, 4) is 11.3 Å². The number of benzene rings is 2. The van der Waals surface area contributed by atoms with Crippen molar-refractivity contribution in [2.75, 3.05) is 5.32 Å². The average molecular weight is 472 g/mol. The van der Waals surface area contributed by atoms with E-state index in [1.165, 1.54) is 6.20 Å². The van der Waals surface area contributed by atoms with Crippen LogP contribution in [0.1, 0.15) is 16.6 Å². The number of amides is 1. The molecule has 0 radical (unpaired) electrons. The zero-order valence-electron chi connectivity index (χ0n) is 17.4. The summed E-state index contributed by atoms with van der Waals surface area (Å²) in [6, 6.07) is 19.0. The second-order valence-electron chi connectivity index (χ2n) is 7.21. The van der Waals surface area contributed by atoms with Crippen LogP contribution in [0.5, 0.6) is 0 Å². The van der Waals surface area contributed by atoms with Crippen LogP contribution in [0.2, 0.25) is 0 Å². The lowest BCUT2D eigenvalue weighted by atomic mass is 10.1. The molecule has 0 bridgehead atoms. The number of imidazole rings is 1. The van der Waals surface area contributed by atoms with E-state index in [1.807, 2.05) is 0 Å². The zero-order chi connectivity index (χ0) is 23.4. The monoisotopic (exact) mass is 472 g/mol. The van der Waals surface area contributed by atoms with Crippen molar-refractivity contribution in [3.05, 3.63) is 84.3 Å². The molecule has 0 aliphatic rings. The van der Waals surface area contributed by atoms with Crippen LogP contribution >= 0.6 is 11.8 Å². The molecule has 0 aliphatic carbocycles. The Hall–Kier alpha value is -3.53. The van der Waals surface area contributed by atoms with Gasteiger partial charge in [0.05, 0.1) is 11.9 Å². The summed E-state index contributed by atoms with van der Waals surface area (Å²) in [5.74, 6) is 0.285. The molecule has 1 amide bonds. The highest BCUT2D eigenvalue weighted by molar-refractivity contribution is 8.00. The minimum absolute atomic E-state index is 0.0755. The van der Waals surface area contributed by atoms with Crippen molar-refractivity contribution in [2.45, 2.75) is 30.1 Å².